The third-order valence-corrected chi connectivity index (χ3v) is 5.13. The molecule has 0 bridgehead atoms. The minimum atomic E-state index is 0. The Balaban J connectivity index is 0.00000176. The topological polar surface area (TPSA) is 72.9 Å². The summed E-state index contributed by atoms with van der Waals surface area (Å²) >= 11 is 0. The average Bonchev–Trinajstić information content (AvgIpc) is 2.84. The van der Waals surface area contributed by atoms with Gasteiger partial charge in [-0.25, -0.2) is 0 Å². The number of nitrogens with zero attached hydrogens (tertiary/aromatic N) is 2. The van der Waals surface area contributed by atoms with Crippen LogP contribution >= 0.6 is 12.4 Å². The molecule has 1 amide bonds. The summed E-state index contributed by atoms with van der Waals surface area (Å²) in [5, 5.41) is 7.54. The molecule has 0 radical (unpaired) electrons. The van der Waals surface area contributed by atoms with Gasteiger partial charge in [0, 0.05) is 30.8 Å². The van der Waals surface area contributed by atoms with Gasteiger partial charge in [0.15, 0.2) is 0 Å². The van der Waals surface area contributed by atoms with Crippen LogP contribution in [0.4, 0.5) is 0 Å². The van der Waals surface area contributed by atoms with Crippen molar-refractivity contribution < 1.29 is 4.79 Å². The number of fused-ring (bicyclic) bond motifs is 1. The van der Waals surface area contributed by atoms with Crippen LogP contribution in [0, 0.1) is 5.92 Å². The SMILES string of the molecule is Cl.Cn1ncc2c1CCCC2NC(=O)CC1CCCCC1N. The Kier molecular flexibility index (Phi) is 5.87. The van der Waals surface area contributed by atoms with Crippen LogP contribution in [0.3, 0.4) is 0 Å². The van der Waals surface area contributed by atoms with Gasteiger partial charge in [0.05, 0.1) is 12.2 Å². The lowest BCUT2D eigenvalue weighted by Crippen LogP contribution is -2.38. The number of amides is 1. The van der Waals surface area contributed by atoms with Gasteiger partial charge in [-0.1, -0.05) is 12.8 Å². The molecule has 6 heteroatoms. The van der Waals surface area contributed by atoms with Gasteiger partial charge in [-0.3, -0.25) is 9.48 Å². The molecule has 124 valence electrons. The highest BCUT2D eigenvalue weighted by Gasteiger charge is 2.28. The molecule has 1 aromatic heterocycles. The molecule has 1 saturated carbocycles. The van der Waals surface area contributed by atoms with Crippen LogP contribution in [0.5, 0.6) is 0 Å². The van der Waals surface area contributed by atoms with Crippen molar-refractivity contribution in [3.8, 4) is 0 Å². The first-order valence-corrected chi connectivity index (χ1v) is 8.21. The Hall–Kier alpha value is -1.07. The Morgan fingerprint density at radius 2 is 2.14 bits per heavy atom. The molecule has 1 fully saturated rings. The Labute approximate surface area is 138 Å². The second-order valence-corrected chi connectivity index (χ2v) is 6.60. The minimum absolute atomic E-state index is 0. The monoisotopic (exact) mass is 326 g/mol. The number of halogens is 1. The van der Waals surface area contributed by atoms with Gasteiger partial charge in [0.2, 0.25) is 5.91 Å². The quantitative estimate of drug-likeness (QED) is 0.894. The third kappa shape index (κ3) is 3.63. The first-order chi connectivity index (χ1) is 10.1. The molecule has 22 heavy (non-hydrogen) atoms. The van der Waals surface area contributed by atoms with Crippen molar-refractivity contribution in [3.05, 3.63) is 17.5 Å². The minimum Gasteiger partial charge on any atom is -0.349 e. The molecule has 3 unspecified atom stereocenters. The fourth-order valence-corrected chi connectivity index (χ4v) is 3.84. The number of nitrogens with two attached hydrogens (primary N) is 1. The zero-order valence-corrected chi connectivity index (χ0v) is 14.1. The van der Waals surface area contributed by atoms with Gasteiger partial charge in [0.1, 0.15) is 0 Å². The number of nitrogens with one attached hydrogen (secondary N) is 1. The number of aryl methyl sites for hydroxylation is 1. The summed E-state index contributed by atoms with van der Waals surface area (Å²) in [5.41, 5.74) is 8.61. The maximum atomic E-state index is 12.3. The van der Waals surface area contributed by atoms with Crippen LogP contribution in [0.25, 0.3) is 0 Å². The van der Waals surface area contributed by atoms with E-state index in [0.717, 1.165) is 32.1 Å². The Morgan fingerprint density at radius 3 is 2.91 bits per heavy atom. The van der Waals surface area contributed by atoms with E-state index in [1.165, 1.54) is 24.1 Å². The summed E-state index contributed by atoms with van der Waals surface area (Å²) in [6.07, 6.45) is 10.3. The molecule has 2 aliphatic rings. The van der Waals surface area contributed by atoms with Gasteiger partial charge in [-0.2, -0.15) is 5.10 Å². The van der Waals surface area contributed by atoms with Crippen molar-refractivity contribution in [2.24, 2.45) is 18.7 Å². The van der Waals surface area contributed by atoms with Crippen LogP contribution in [-0.4, -0.2) is 21.7 Å². The van der Waals surface area contributed by atoms with E-state index in [2.05, 4.69) is 10.4 Å². The molecule has 0 saturated heterocycles. The predicted octanol–water partition coefficient (Wildman–Crippen LogP) is 2.24. The van der Waals surface area contributed by atoms with E-state index < -0.39 is 0 Å². The third-order valence-electron chi connectivity index (χ3n) is 5.13. The normalized spacial score (nSPS) is 27.6. The first kappa shape index (κ1) is 17.3. The lowest BCUT2D eigenvalue weighted by atomic mass is 9.82. The fourth-order valence-electron chi connectivity index (χ4n) is 3.84. The summed E-state index contributed by atoms with van der Waals surface area (Å²) in [7, 11) is 1.98. The molecule has 3 atom stereocenters. The number of hydrogen-bond donors (Lipinski definition) is 2. The highest BCUT2D eigenvalue weighted by Crippen LogP contribution is 2.30. The highest BCUT2D eigenvalue weighted by atomic mass is 35.5. The zero-order valence-electron chi connectivity index (χ0n) is 13.3. The summed E-state index contributed by atoms with van der Waals surface area (Å²) < 4.78 is 1.94. The smallest absolute Gasteiger partial charge is 0.220 e. The van der Waals surface area contributed by atoms with Gasteiger partial charge in [0.25, 0.3) is 0 Å². The molecule has 0 spiro atoms. The molecular formula is C16H27ClN4O. The number of rotatable bonds is 3. The van der Waals surface area contributed by atoms with E-state index in [-0.39, 0.29) is 30.4 Å². The fraction of sp³-hybridized carbons (Fsp3) is 0.750. The van der Waals surface area contributed by atoms with E-state index in [0.29, 0.717) is 12.3 Å². The number of carbonyl (C=O) groups is 1. The summed E-state index contributed by atoms with van der Waals surface area (Å²) in [4.78, 5) is 12.3. The van der Waals surface area contributed by atoms with Crippen molar-refractivity contribution in [3.63, 3.8) is 0 Å². The van der Waals surface area contributed by atoms with E-state index in [9.17, 15) is 4.79 Å². The lowest BCUT2D eigenvalue weighted by Gasteiger charge is -2.29. The molecule has 1 heterocycles. The maximum absolute atomic E-state index is 12.3. The van der Waals surface area contributed by atoms with Crippen LogP contribution in [0.1, 0.15) is 62.2 Å². The molecular weight excluding hydrogens is 300 g/mol. The summed E-state index contributed by atoms with van der Waals surface area (Å²) in [6.45, 7) is 0. The molecule has 3 N–H and O–H groups in total. The Bertz CT molecular complexity index is 516. The van der Waals surface area contributed by atoms with Crippen molar-refractivity contribution in [2.75, 3.05) is 0 Å². The van der Waals surface area contributed by atoms with E-state index in [4.69, 9.17) is 5.73 Å². The van der Waals surface area contributed by atoms with Crippen LogP contribution < -0.4 is 11.1 Å². The number of carbonyl (C=O) groups excluding carboxylic acids is 1. The second kappa shape index (κ2) is 7.47. The van der Waals surface area contributed by atoms with Crippen molar-refractivity contribution >= 4 is 18.3 Å². The Morgan fingerprint density at radius 1 is 1.36 bits per heavy atom. The lowest BCUT2D eigenvalue weighted by molar-refractivity contribution is -0.123. The molecule has 0 aromatic carbocycles. The van der Waals surface area contributed by atoms with Crippen LogP contribution in [0.15, 0.2) is 6.20 Å². The van der Waals surface area contributed by atoms with E-state index >= 15 is 0 Å². The van der Waals surface area contributed by atoms with Gasteiger partial charge >= 0.3 is 0 Å². The number of hydrogen-bond acceptors (Lipinski definition) is 3. The van der Waals surface area contributed by atoms with Crippen molar-refractivity contribution in [1.29, 1.82) is 0 Å². The van der Waals surface area contributed by atoms with Crippen LogP contribution in [0.2, 0.25) is 0 Å². The van der Waals surface area contributed by atoms with Crippen molar-refractivity contribution in [1.82, 2.24) is 15.1 Å². The molecule has 3 rings (SSSR count). The summed E-state index contributed by atoms with van der Waals surface area (Å²) in [5.74, 6) is 0.509. The first-order valence-electron chi connectivity index (χ1n) is 8.21. The summed E-state index contributed by atoms with van der Waals surface area (Å²) in [6, 6.07) is 0.333. The van der Waals surface area contributed by atoms with Crippen LogP contribution in [-0.2, 0) is 18.3 Å². The van der Waals surface area contributed by atoms with Gasteiger partial charge < -0.3 is 11.1 Å². The number of aromatic nitrogens is 2. The molecule has 0 aliphatic heterocycles. The molecule has 2 aliphatic carbocycles. The predicted molar refractivity (Wildman–Crippen MR) is 88.8 cm³/mol. The standard InChI is InChI=1S/C16H26N4O.ClH/c1-20-15-8-4-7-14(12(15)10-18-20)19-16(21)9-11-5-2-3-6-13(11)17;/h10-11,13-14H,2-9,17H2,1H3,(H,19,21);1H. The van der Waals surface area contributed by atoms with Crippen molar-refractivity contribution in [2.45, 2.75) is 63.5 Å². The van der Waals surface area contributed by atoms with E-state index in [1.54, 1.807) is 0 Å². The maximum Gasteiger partial charge on any atom is 0.220 e. The highest BCUT2D eigenvalue weighted by molar-refractivity contribution is 5.85. The largest absolute Gasteiger partial charge is 0.349 e. The van der Waals surface area contributed by atoms with Gasteiger partial charge in [-0.05, 0) is 38.0 Å². The van der Waals surface area contributed by atoms with E-state index in [1.807, 2.05) is 17.9 Å². The average molecular weight is 327 g/mol. The molecule has 5 nitrogen and oxygen atoms in total. The second-order valence-electron chi connectivity index (χ2n) is 6.60. The molecule has 1 aromatic rings. The van der Waals surface area contributed by atoms with Gasteiger partial charge in [-0.15, -0.1) is 12.4 Å². The zero-order chi connectivity index (χ0) is 14.8.